The van der Waals surface area contributed by atoms with Crippen LogP contribution in [0.1, 0.15) is 0 Å². The van der Waals surface area contributed by atoms with E-state index >= 15 is 17.6 Å². The van der Waals surface area contributed by atoms with Crippen LogP contribution in [0, 0.1) is 87.3 Å². The van der Waals surface area contributed by atoms with Gasteiger partial charge in [-0.1, -0.05) is 0 Å². The van der Waals surface area contributed by atoms with Gasteiger partial charge in [0.05, 0.1) is 0 Å². The van der Waals surface area contributed by atoms with E-state index in [1.807, 2.05) is 0 Å². The second-order valence-electron chi connectivity index (χ2n) is 11.0. The Bertz CT molecular complexity index is 1580. The van der Waals surface area contributed by atoms with E-state index in [1.165, 1.54) is 0 Å². The van der Waals surface area contributed by atoms with Crippen molar-refractivity contribution < 1.29 is 65.9 Å². The Hall–Kier alpha value is -2.04. The molecule has 0 bridgehead atoms. The minimum absolute atomic E-state index is 0.198. The normalized spacial score (nSPS) is 12.3. The first-order valence-electron chi connectivity index (χ1n) is 12.0. The minimum atomic E-state index is -4.94. The molecule has 0 amide bonds. The molecule has 0 fully saturated rings. The average Bonchev–Trinajstić information content (AvgIpc) is 2.95. The molecule has 0 aliphatic heterocycles. The molecule has 0 aromatic heterocycles. The fourth-order valence-electron chi connectivity index (χ4n) is 3.79. The fourth-order valence-corrected chi connectivity index (χ4v) is 23.5. The summed E-state index contributed by atoms with van der Waals surface area (Å²) in [7, 11) is 0. The molecule has 3 rings (SSSR count). The third kappa shape index (κ3) is 6.44. The number of hydrogen-bond donors (Lipinski definition) is 0. The monoisotopic (exact) mass is 905 g/mol. The van der Waals surface area contributed by atoms with Crippen LogP contribution in [0.15, 0.2) is 4.36 Å². The summed E-state index contributed by atoms with van der Waals surface area (Å²) < 4.78 is 223. The van der Waals surface area contributed by atoms with Crippen molar-refractivity contribution in [2.75, 3.05) is 5.05 Å². The van der Waals surface area contributed by atoms with Gasteiger partial charge >= 0.3 is 258 Å². The summed E-state index contributed by atoms with van der Waals surface area (Å²) in [5.74, 6) is -39.5. The Labute approximate surface area is 256 Å². The predicted octanol–water partition coefficient (Wildman–Crippen LogP) is 9.72. The zero-order valence-electron chi connectivity index (χ0n) is 23.4. The summed E-state index contributed by atoms with van der Waals surface area (Å²) in [6.07, 6.45) is 0. The van der Waals surface area contributed by atoms with E-state index in [0.29, 0.717) is 0 Å². The van der Waals surface area contributed by atoms with Crippen molar-refractivity contribution in [2.45, 2.75) is 29.6 Å². The zero-order chi connectivity index (χ0) is 34.8. The van der Waals surface area contributed by atoms with Gasteiger partial charge in [-0.3, -0.25) is 0 Å². The molecule has 0 spiro atoms. The summed E-state index contributed by atoms with van der Waals surface area (Å²) in [6.45, 7) is 0. The van der Waals surface area contributed by atoms with Crippen molar-refractivity contribution in [1.82, 2.24) is 0 Å². The molecule has 3 nitrogen and oxygen atoms in total. The van der Waals surface area contributed by atoms with E-state index in [0.717, 1.165) is 29.6 Å². The SMILES string of the molecule is [CH3][Sn]([CH3])([CH3])[N](c1c(F)c(F)c(F)c(F)c1F)S(=Nc1c(F)c(F)c(F)c(F)c1F)[N](c1c(F)c(F)c(F)c(F)c1F)[Sn]([CH3])([CH3])[CH3]. The van der Waals surface area contributed by atoms with Gasteiger partial charge in [0.1, 0.15) is 0 Å². The van der Waals surface area contributed by atoms with Crippen LogP contribution in [-0.2, 0) is 11.1 Å². The Morgan fingerprint density at radius 3 is 0.778 bits per heavy atom. The third-order valence-electron chi connectivity index (χ3n) is 5.68. The molecular formula is C24H18F15N3SSn2. The molecule has 45 heavy (non-hydrogen) atoms. The molecule has 0 aliphatic carbocycles. The Morgan fingerprint density at radius 2 is 0.556 bits per heavy atom. The first-order chi connectivity index (χ1) is 20.4. The molecule has 0 saturated carbocycles. The second-order valence-corrected chi connectivity index (χ2v) is 41.6. The molecule has 0 N–H and O–H groups in total. The van der Waals surface area contributed by atoms with Gasteiger partial charge in [0.2, 0.25) is 0 Å². The van der Waals surface area contributed by atoms with Gasteiger partial charge in [0.15, 0.2) is 0 Å². The summed E-state index contributed by atoms with van der Waals surface area (Å²) in [4.78, 5) is 6.81. The van der Waals surface area contributed by atoms with Gasteiger partial charge in [-0.05, 0) is 0 Å². The number of nitrogens with zero attached hydrogens (tertiary/aromatic N) is 3. The van der Waals surface area contributed by atoms with E-state index in [4.69, 9.17) is 0 Å². The van der Waals surface area contributed by atoms with Crippen molar-refractivity contribution >= 4 is 65.4 Å². The van der Waals surface area contributed by atoms with Crippen molar-refractivity contribution in [2.24, 2.45) is 4.36 Å². The first kappa shape index (κ1) is 37.4. The van der Waals surface area contributed by atoms with Crippen LogP contribution in [0.4, 0.5) is 82.9 Å². The van der Waals surface area contributed by atoms with Gasteiger partial charge in [-0.2, -0.15) is 0 Å². The van der Waals surface area contributed by atoms with E-state index < -0.39 is 153 Å². The van der Waals surface area contributed by atoms with E-state index in [1.54, 1.807) is 0 Å². The predicted molar refractivity (Wildman–Crippen MR) is 140 cm³/mol. The molecule has 0 heterocycles. The maximum absolute atomic E-state index is 15.3. The van der Waals surface area contributed by atoms with Gasteiger partial charge in [-0.15, -0.1) is 0 Å². The molecule has 21 heteroatoms. The molecule has 0 atom stereocenters. The quantitative estimate of drug-likeness (QED) is 0.102. The molecule has 0 saturated heterocycles. The van der Waals surface area contributed by atoms with E-state index in [2.05, 4.69) is 4.36 Å². The topological polar surface area (TPSA) is 18.8 Å². The van der Waals surface area contributed by atoms with Crippen LogP contribution < -0.4 is 5.05 Å². The molecule has 0 unspecified atom stereocenters. The first-order valence-corrected chi connectivity index (χ1v) is 32.8. The fraction of sp³-hybridized carbons (Fsp3) is 0.250. The number of anilines is 2. The van der Waals surface area contributed by atoms with E-state index in [9.17, 15) is 48.3 Å². The van der Waals surface area contributed by atoms with Crippen LogP contribution >= 0.6 is 0 Å². The number of halogens is 15. The molecular weight excluding hydrogens is 885 g/mol. The van der Waals surface area contributed by atoms with E-state index in [-0.39, 0.29) is 5.05 Å². The van der Waals surface area contributed by atoms with Gasteiger partial charge in [-0.25, -0.2) is 0 Å². The van der Waals surface area contributed by atoms with Crippen LogP contribution in [0.25, 0.3) is 0 Å². The van der Waals surface area contributed by atoms with Crippen molar-refractivity contribution in [3.63, 3.8) is 0 Å². The summed E-state index contributed by atoms with van der Waals surface area (Å²) in [6, 6.07) is 0. The summed E-state index contributed by atoms with van der Waals surface area (Å²) in [5.41, 5.74) is -5.92. The number of rotatable bonds is 7. The van der Waals surface area contributed by atoms with Crippen molar-refractivity contribution in [3.05, 3.63) is 87.3 Å². The van der Waals surface area contributed by atoms with Gasteiger partial charge < -0.3 is 0 Å². The van der Waals surface area contributed by atoms with Crippen LogP contribution in [0.2, 0.25) is 29.6 Å². The Balaban J connectivity index is 2.76. The standard InChI is InChI=1S/C18F15N3S.6CH3.2Sn/c19-1-4(22)10(28)16(11(29)5(1)23)34-37(35-17-12(30)6(24)2(20)7(25)13(17)31)36-18-14(32)8(26)3(21)9(27)15(18)33;;;;;;;;/h;6*1H3;;/q-2;;;;;;;2*+1. The van der Waals surface area contributed by atoms with Crippen molar-refractivity contribution in [1.29, 1.82) is 0 Å². The molecule has 0 radical (unpaired) electrons. The number of hydrogen-bond acceptors (Lipinski definition) is 1. The van der Waals surface area contributed by atoms with Crippen molar-refractivity contribution in [3.8, 4) is 0 Å². The zero-order valence-corrected chi connectivity index (χ0v) is 29.9. The van der Waals surface area contributed by atoms with Crippen LogP contribution in [0.5, 0.6) is 0 Å². The molecule has 0 aliphatic rings. The third-order valence-corrected chi connectivity index (χ3v) is 25.4. The average molecular weight is 903 g/mol. The Kier molecular flexibility index (Phi) is 10.7. The molecule has 3 aromatic carbocycles. The number of benzene rings is 3. The van der Waals surface area contributed by atoms with Crippen LogP contribution in [0.3, 0.4) is 0 Å². The second kappa shape index (κ2) is 12.9. The Morgan fingerprint density at radius 1 is 0.356 bits per heavy atom. The summed E-state index contributed by atoms with van der Waals surface area (Å²) >= 11 is -13.2. The molecule has 3 aromatic rings. The van der Waals surface area contributed by atoms with Gasteiger partial charge in [0, 0.05) is 0 Å². The molecule has 248 valence electrons. The van der Waals surface area contributed by atoms with Crippen LogP contribution in [-0.4, -0.2) is 37.3 Å². The summed E-state index contributed by atoms with van der Waals surface area (Å²) in [5, 5.41) is 0. The van der Waals surface area contributed by atoms with Gasteiger partial charge in [0.25, 0.3) is 0 Å². The maximum atomic E-state index is 15.3.